The SMILES string of the molecule is CC(C)(C)[Si](C)(C)OC[C@H]1CCC2(CO)CCCN12. The molecule has 2 atom stereocenters. The molecule has 2 aliphatic rings. The van der Waals surface area contributed by atoms with Crippen LogP contribution in [0.15, 0.2) is 0 Å². The molecule has 0 amide bonds. The first-order valence-corrected chi connectivity index (χ1v) is 10.6. The van der Waals surface area contributed by atoms with E-state index in [2.05, 4.69) is 38.8 Å². The lowest BCUT2D eigenvalue weighted by molar-refractivity contribution is 0.0607. The molecule has 1 N–H and O–H groups in total. The van der Waals surface area contributed by atoms with Gasteiger partial charge < -0.3 is 9.53 Å². The Kier molecular flexibility index (Phi) is 4.18. The maximum absolute atomic E-state index is 9.73. The predicted molar refractivity (Wildman–Crippen MR) is 81.9 cm³/mol. The molecule has 112 valence electrons. The number of fused-ring (bicyclic) bond motifs is 1. The van der Waals surface area contributed by atoms with Crippen LogP contribution in [0, 0.1) is 0 Å². The van der Waals surface area contributed by atoms with E-state index in [9.17, 15) is 5.11 Å². The number of nitrogens with zero attached hydrogens (tertiary/aromatic N) is 1. The lowest BCUT2D eigenvalue weighted by Gasteiger charge is -2.39. The first-order chi connectivity index (χ1) is 8.72. The normalized spacial score (nSPS) is 32.8. The first kappa shape index (κ1) is 15.5. The van der Waals surface area contributed by atoms with E-state index in [4.69, 9.17) is 4.43 Å². The van der Waals surface area contributed by atoms with Gasteiger partial charge in [-0.1, -0.05) is 20.8 Å². The van der Waals surface area contributed by atoms with Crippen molar-refractivity contribution in [1.82, 2.24) is 4.90 Å². The Morgan fingerprint density at radius 3 is 2.58 bits per heavy atom. The van der Waals surface area contributed by atoms with Gasteiger partial charge in [0.15, 0.2) is 8.32 Å². The fraction of sp³-hybridized carbons (Fsp3) is 1.00. The van der Waals surface area contributed by atoms with Crippen LogP contribution in [0.3, 0.4) is 0 Å². The molecule has 19 heavy (non-hydrogen) atoms. The zero-order chi connectivity index (χ0) is 14.3. The lowest BCUT2D eigenvalue weighted by Crippen LogP contribution is -2.49. The second kappa shape index (κ2) is 5.13. The Bertz CT molecular complexity index is 327. The molecule has 1 unspecified atom stereocenters. The van der Waals surface area contributed by atoms with Crippen LogP contribution >= 0.6 is 0 Å². The van der Waals surface area contributed by atoms with Crippen LogP contribution in [-0.2, 0) is 4.43 Å². The quantitative estimate of drug-likeness (QED) is 0.806. The minimum Gasteiger partial charge on any atom is -0.415 e. The van der Waals surface area contributed by atoms with E-state index < -0.39 is 8.32 Å². The highest BCUT2D eigenvalue weighted by Gasteiger charge is 2.49. The van der Waals surface area contributed by atoms with Crippen molar-refractivity contribution in [2.75, 3.05) is 19.8 Å². The van der Waals surface area contributed by atoms with Crippen molar-refractivity contribution in [3.8, 4) is 0 Å². The topological polar surface area (TPSA) is 32.7 Å². The van der Waals surface area contributed by atoms with Crippen LogP contribution in [-0.4, -0.2) is 49.7 Å². The van der Waals surface area contributed by atoms with E-state index in [1.165, 1.54) is 19.3 Å². The van der Waals surface area contributed by atoms with Gasteiger partial charge in [0.25, 0.3) is 0 Å². The number of aliphatic hydroxyl groups excluding tert-OH is 1. The van der Waals surface area contributed by atoms with Gasteiger partial charge in [-0.15, -0.1) is 0 Å². The zero-order valence-corrected chi connectivity index (χ0v) is 14.3. The van der Waals surface area contributed by atoms with Crippen LogP contribution in [0.4, 0.5) is 0 Å². The molecule has 2 heterocycles. The molecule has 2 aliphatic heterocycles. The molecule has 2 rings (SSSR count). The van der Waals surface area contributed by atoms with Gasteiger partial charge in [0, 0.05) is 18.2 Å². The summed E-state index contributed by atoms with van der Waals surface area (Å²) in [6, 6.07) is 0.531. The summed E-state index contributed by atoms with van der Waals surface area (Å²) in [5.74, 6) is 0. The van der Waals surface area contributed by atoms with E-state index in [1.807, 2.05) is 0 Å². The summed E-state index contributed by atoms with van der Waals surface area (Å²) in [5, 5.41) is 10.0. The molecule has 0 aliphatic carbocycles. The Morgan fingerprint density at radius 2 is 2.00 bits per heavy atom. The van der Waals surface area contributed by atoms with Crippen LogP contribution in [0.2, 0.25) is 18.1 Å². The molecule has 0 aromatic rings. The monoisotopic (exact) mass is 285 g/mol. The van der Waals surface area contributed by atoms with Crippen LogP contribution in [0.5, 0.6) is 0 Å². The standard InChI is InChI=1S/C15H31NO2Si/c1-14(2,3)19(4,5)18-11-13-7-9-15(12-17)8-6-10-16(13)15/h13,17H,6-12H2,1-5H3/t13-,15?/m1/s1. The molecular formula is C15H31NO2Si. The molecule has 0 radical (unpaired) electrons. The first-order valence-electron chi connectivity index (χ1n) is 7.73. The Balaban J connectivity index is 1.95. The van der Waals surface area contributed by atoms with E-state index in [1.54, 1.807) is 0 Å². The van der Waals surface area contributed by atoms with Gasteiger partial charge in [-0.3, -0.25) is 4.90 Å². The maximum Gasteiger partial charge on any atom is 0.192 e. The molecule has 0 spiro atoms. The Hall–Kier alpha value is 0.0969. The Morgan fingerprint density at radius 1 is 1.32 bits per heavy atom. The lowest BCUT2D eigenvalue weighted by atomic mass is 9.95. The largest absolute Gasteiger partial charge is 0.415 e. The van der Waals surface area contributed by atoms with Crippen molar-refractivity contribution >= 4 is 8.32 Å². The number of rotatable bonds is 4. The summed E-state index contributed by atoms with van der Waals surface area (Å²) >= 11 is 0. The fourth-order valence-electron chi connectivity index (χ4n) is 3.33. The van der Waals surface area contributed by atoms with Crippen LogP contribution in [0.1, 0.15) is 46.5 Å². The summed E-state index contributed by atoms with van der Waals surface area (Å²) in [4.78, 5) is 2.54. The van der Waals surface area contributed by atoms with Crippen molar-refractivity contribution in [2.24, 2.45) is 0 Å². The summed E-state index contributed by atoms with van der Waals surface area (Å²) in [5.41, 5.74) is 0.0987. The van der Waals surface area contributed by atoms with Gasteiger partial charge in [-0.05, 0) is 50.4 Å². The van der Waals surface area contributed by atoms with Crippen molar-refractivity contribution in [2.45, 2.75) is 76.2 Å². The fourth-order valence-corrected chi connectivity index (χ4v) is 4.37. The molecule has 2 saturated heterocycles. The zero-order valence-electron chi connectivity index (χ0n) is 13.3. The second-order valence-corrected chi connectivity index (χ2v) is 12.8. The Labute approximate surface area is 119 Å². The van der Waals surface area contributed by atoms with Gasteiger partial charge in [0.05, 0.1) is 6.61 Å². The van der Waals surface area contributed by atoms with E-state index in [-0.39, 0.29) is 10.6 Å². The predicted octanol–water partition coefficient (Wildman–Crippen LogP) is 3.00. The van der Waals surface area contributed by atoms with Gasteiger partial charge in [0.2, 0.25) is 0 Å². The molecular weight excluding hydrogens is 254 g/mol. The van der Waals surface area contributed by atoms with Crippen LogP contribution < -0.4 is 0 Å². The number of hydrogen-bond donors (Lipinski definition) is 1. The minimum absolute atomic E-state index is 0.0987. The highest BCUT2D eigenvalue weighted by Crippen LogP contribution is 2.43. The average Bonchev–Trinajstić information content (AvgIpc) is 2.83. The van der Waals surface area contributed by atoms with Gasteiger partial charge >= 0.3 is 0 Å². The van der Waals surface area contributed by atoms with Crippen LogP contribution in [0.25, 0.3) is 0 Å². The van der Waals surface area contributed by atoms with E-state index in [0.29, 0.717) is 12.6 Å². The van der Waals surface area contributed by atoms with Crippen molar-refractivity contribution in [3.63, 3.8) is 0 Å². The molecule has 0 aromatic carbocycles. The van der Waals surface area contributed by atoms with Crippen molar-refractivity contribution in [1.29, 1.82) is 0 Å². The third-order valence-electron chi connectivity index (χ3n) is 5.77. The molecule has 2 fully saturated rings. The third-order valence-corrected chi connectivity index (χ3v) is 10.3. The van der Waals surface area contributed by atoms with E-state index in [0.717, 1.165) is 19.6 Å². The van der Waals surface area contributed by atoms with Crippen molar-refractivity contribution < 1.29 is 9.53 Å². The third kappa shape index (κ3) is 2.78. The molecule has 0 aromatic heterocycles. The maximum atomic E-state index is 9.73. The van der Waals surface area contributed by atoms with Gasteiger partial charge in [0.1, 0.15) is 0 Å². The minimum atomic E-state index is -1.64. The highest BCUT2D eigenvalue weighted by atomic mass is 28.4. The smallest absolute Gasteiger partial charge is 0.192 e. The summed E-state index contributed by atoms with van der Waals surface area (Å²) in [6.45, 7) is 13.9. The number of aliphatic hydroxyl groups is 1. The molecule has 4 heteroatoms. The summed E-state index contributed by atoms with van der Waals surface area (Å²) in [7, 11) is -1.64. The average molecular weight is 286 g/mol. The van der Waals surface area contributed by atoms with E-state index >= 15 is 0 Å². The van der Waals surface area contributed by atoms with Crippen molar-refractivity contribution in [3.05, 3.63) is 0 Å². The summed E-state index contributed by atoms with van der Waals surface area (Å²) < 4.78 is 6.39. The van der Waals surface area contributed by atoms with Gasteiger partial charge in [-0.25, -0.2) is 0 Å². The van der Waals surface area contributed by atoms with Gasteiger partial charge in [-0.2, -0.15) is 0 Å². The highest BCUT2D eigenvalue weighted by molar-refractivity contribution is 6.74. The molecule has 3 nitrogen and oxygen atoms in total. The second-order valence-electron chi connectivity index (χ2n) is 7.94. The summed E-state index contributed by atoms with van der Waals surface area (Å²) in [6.07, 6.45) is 4.74. The number of hydrogen-bond acceptors (Lipinski definition) is 3. The molecule has 0 saturated carbocycles. The molecule has 0 bridgehead atoms.